The van der Waals surface area contributed by atoms with Gasteiger partial charge in [0.25, 0.3) is 5.91 Å². The van der Waals surface area contributed by atoms with Gasteiger partial charge in [0.1, 0.15) is 0 Å². The number of aliphatic hydroxyl groups excluding tert-OH is 1. The van der Waals surface area contributed by atoms with Gasteiger partial charge in [-0.3, -0.25) is 4.79 Å². The van der Waals surface area contributed by atoms with Crippen molar-refractivity contribution in [2.75, 3.05) is 26.3 Å². The van der Waals surface area contributed by atoms with E-state index in [0.717, 1.165) is 31.2 Å². The van der Waals surface area contributed by atoms with Crippen molar-refractivity contribution < 1.29 is 14.6 Å². The predicted octanol–water partition coefficient (Wildman–Crippen LogP) is 3.21. The van der Waals surface area contributed by atoms with E-state index in [4.69, 9.17) is 4.74 Å². The molecule has 3 rings (SSSR count). The zero-order valence-corrected chi connectivity index (χ0v) is 14.5. The van der Waals surface area contributed by atoms with Crippen LogP contribution in [-0.2, 0) is 11.2 Å². The molecule has 1 N–H and O–H groups in total. The molecular weight excluding hydrogens is 302 g/mol. The first-order chi connectivity index (χ1) is 11.6. The van der Waals surface area contributed by atoms with Crippen LogP contribution in [0.15, 0.2) is 24.8 Å². The minimum absolute atomic E-state index is 0.0138. The van der Waals surface area contributed by atoms with Crippen LogP contribution in [0.4, 0.5) is 0 Å². The van der Waals surface area contributed by atoms with Crippen LogP contribution in [-0.4, -0.2) is 42.2 Å². The maximum atomic E-state index is 13.0. The number of carbonyl (C=O) groups is 1. The van der Waals surface area contributed by atoms with Crippen molar-refractivity contribution in [2.45, 2.75) is 44.6 Å². The van der Waals surface area contributed by atoms with Crippen LogP contribution in [0, 0.1) is 0 Å². The molecule has 2 atom stereocenters. The monoisotopic (exact) mass is 329 g/mol. The Kier molecular flexibility index (Phi) is 5.36. The van der Waals surface area contributed by atoms with Crippen LogP contribution in [0.2, 0.25) is 0 Å². The average Bonchev–Trinajstić information content (AvgIpc) is 2.61. The van der Waals surface area contributed by atoms with E-state index < -0.39 is 6.10 Å². The van der Waals surface area contributed by atoms with Gasteiger partial charge in [-0.1, -0.05) is 12.1 Å². The summed E-state index contributed by atoms with van der Waals surface area (Å²) in [4.78, 5) is 14.9. The Balaban J connectivity index is 2.01. The van der Waals surface area contributed by atoms with Crippen molar-refractivity contribution in [2.24, 2.45) is 0 Å². The number of allylic oxidation sites excluding steroid dienone is 1. The first kappa shape index (κ1) is 17.2. The molecule has 1 aliphatic heterocycles. The number of benzene rings is 1. The van der Waals surface area contributed by atoms with Gasteiger partial charge in [0.05, 0.1) is 19.3 Å². The molecule has 4 nitrogen and oxygen atoms in total. The lowest BCUT2D eigenvalue weighted by Crippen LogP contribution is -2.41. The molecule has 0 bridgehead atoms. The molecule has 4 heteroatoms. The van der Waals surface area contributed by atoms with Crippen molar-refractivity contribution in [3.05, 3.63) is 47.0 Å². The standard InChI is InChI=1S/C20H27NO3/c1-3-5-15-6-4-7-16-12-17(14(2)22)19(13-18(15)16)20(23)21-8-10-24-11-9-21/h3,12-15,22H,1,4-11H2,2H3/t14-,15-/m1/s1. The fraction of sp³-hybridized carbons (Fsp3) is 0.550. The minimum atomic E-state index is -0.643. The van der Waals surface area contributed by atoms with Crippen LogP contribution < -0.4 is 0 Å². The summed E-state index contributed by atoms with van der Waals surface area (Å²) in [6.45, 7) is 8.01. The summed E-state index contributed by atoms with van der Waals surface area (Å²) in [7, 11) is 0. The van der Waals surface area contributed by atoms with Gasteiger partial charge < -0.3 is 14.7 Å². The number of morpholine rings is 1. The third-order valence-electron chi connectivity index (χ3n) is 5.18. The van der Waals surface area contributed by atoms with Crippen molar-refractivity contribution >= 4 is 5.91 Å². The van der Waals surface area contributed by atoms with E-state index in [1.165, 1.54) is 11.1 Å². The highest BCUT2D eigenvalue weighted by atomic mass is 16.5. The molecule has 1 fully saturated rings. The van der Waals surface area contributed by atoms with E-state index in [-0.39, 0.29) is 5.91 Å². The maximum Gasteiger partial charge on any atom is 0.254 e. The number of ether oxygens (including phenoxy) is 1. The lowest BCUT2D eigenvalue weighted by atomic mass is 9.78. The summed E-state index contributed by atoms with van der Waals surface area (Å²) >= 11 is 0. The molecular formula is C20H27NO3. The summed E-state index contributed by atoms with van der Waals surface area (Å²) in [5, 5.41) is 10.2. The number of nitrogens with zero attached hydrogens (tertiary/aromatic N) is 1. The molecule has 130 valence electrons. The van der Waals surface area contributed by atoms with Gasteiger partial charge in [-0.2, -0.15) is 0 Å². The van der Waals surface area contributed by atoms with Gasteiger partial charge >= 0.3 is 0 Å². The number of rotatable bonds is 4. The topological polar surface area (TPSA) is 49.8 Å². The first-order valence-electron chi connectivity index (χ1n) is 8.94. The molecule has 1 aliphatic carbocycles. The first-order valence-corrected chi connectivity index (χ1v) is 8.94. The zero-order chi connectivity index (χ0) is 17.1. The normalized spacial score (nSPS) is 21.9. The number of hydrogen-bond acceptors (Lipinski definition) is 3. The molecule has 1 aromatic rings. The zero-order valence-electron chi connectivity index (χ0n) is 14.5. The second-order valence-corrected chi connectivity index (χ2v) is 6.83. The van der Waals surface area contributed by atoms with Gasteiger partial charge in [-0.25, -0.2) is 0 Å². The van der Waals surface area contributed by atoms with Crippen LogP contribution in [0.1, 0.15) is 65.3 Å². The lowest BCUT2D eigenvalue weighted by Gasteiger charge is -2.30. The van der Waals surface area contributed by atoms with Gasteiger partial charge in [0.15, 0.2) is 0 Å². The van der Waals surface area contributed by atoms with E-state index in [9.17, 15) is 9.90 Å². The summed E-state index contributed by atoms with van der Waals surface area (Å²) in [5.41, 5.74) is 3.95. The number of aliphatic hydroxyl groups is 1. The van der Waals surface area contributed by atoms with E-state index in [1.54, 1.807) is 6.92 Å². The molecule has 0 saturated carbocycles. The SMILES string of the molecule is C=CC[C@@H]1CCCc2cc([C@@H](C)O)c(C(=O)N3CCOCC3)cc21. The molecule has 1 aromatic carbocycles. The fourth-order valence-corrected chi connectivity index (χ4v) is 3.88. The van der Waals surface area contributed by atoms with Gasteiger partial charge in [-0.05, 0) is 61.3 Å². The summed E-state index contributed by atoms with van der Waals surface area (Å²) < 4.78 is 5.35. The number of carbonyl (C=O) groups excluding carboxylic acids is 1. The third-order valence-corrected chi connectivity index (χ3v) is 5.18. The van der Waals surface area contributed by atoms with Crippen molar-refractivity contribution in [1.29, 1.82) is 0 Å². The highest BCUT2D eigenvalue weighted by molar-refractivity contribution is 5.96. The van der Waals surface area contributed by atoms with Crippen LogP contribution in [0.3, 0.4) is 0 Å². The number of amides is 1. The molecule has 1 amide bonds. The summed E-state index contributed by atoms with van der Waals surface area (Å²) in [5.74, 6) is 0.450. The van der Waals surface area contributed by atoms with Crippen molar-refractivity contribution in [3.8, 4) is 0 Å². The lowest BCUT2D eigenvalue weighted by molar-refractivity contribution is 0.0299. The Morgan fingerprint density at radius 2 is 2.21 bits per heavy atom. The minimum Gasteiger partial charge on any atom is -0.389 e. The van der Waals surface area contributed by atoms with E-state index in [1.807, 2.05) is 17.0 Å². The predicted molar refractivity (Wildman–Crippen MR) is 94.3 cm³/mol. The van der Waals surface area contributed by atoms with Gasteiger partial charge in [-0.15, -0.1) is 6.58 Å². The van der Waals surface area contributed by atoms with E-state index in [0.29, 0.717) is 37.8 Å². The summed E-state index contributed by atoms with van der Waals surface area (Å²) in [6.07, 6.45) is 5.57. The average molecular weight is 329 g/mol. The molecule has 2 aliphatic rings. The van der Waals surface area contributed by atoms with Gasteiger partial charge in [0.2, 0.25) is 0 Å². The second kappa shape index (κ2) is 7.49. The van der Waals surface area contributed by atoms with Gasteiger partial charge in [0, 0.05) is 18.7 Å². The van der Waals surface area contributed by atoms with Crippen LogP contribution >= 0.6 is 0 Å². The van der Waals surface area contributed by atoms with Crippen molar-refractivity contribution in [3.63, 3.8) is 0 Å². The van der Waals surface area contributed by atoms with Crippen LogP contribution in [0.5, 0.6) is 0 Å². The molecule has 1 heterocycles. The van der Waals surface area contributed by atoms with Crippen LogP contribution in [0.25, 0.3) is 0 Å². The Labute approximate surface area is 144 Å². The third kappa shape index (κ3) is 3.40. The quantitative estimate of drug-likeness (QED) is 0.863. The smallest absolute Gasteiger partial charge is 0.254 e. The van der Waals surface area contributed by atoms with E-state index in [2.05, 4.69) is 12.6 Å². The van der Waals surface area contributed by atoms with Crippen molar-refractivity contribution in [1.82, 2.24) is 4.90 Å². The largest absolute Gasteiger partial charge is 0.389 e. The Bertz CT molecular complexity index is 618. The Hall–Kier alpha value is -1.65. The van der Waals surface area contributed by atoms with E-state index >= 15 is 0 Å². The molecule has 0 radical (unpaired) electrons. The number of fused-ring (bicyclic) bond motifs is 1. The highest BCUT2D eigenvalue weighted by Gasteiger charge is 2.27. The fourth-order valence-electron chi connectivity index (χ4n) is 3.88. The molecule has 0 aromatic heterocycles. The maximum absolute atomic E-state index is 13.0. The molecule has 0 unspecified atom stereocenters. The Morgan fingerprint density at radius 1 is 1.46 bits per heavy atom. The summed E-state index contributed by atoms with van der Waals surface area (Å²) in [6, 6.07) is 4.10. The molecule has 0 spiro atoms. The number of aryl methyl sites for hydroxylation is 1. The molecule has 1 saturated heterocycles. The number of hydrogen-bond donors (Lipinski definition) is 1. The highest BCUT2D eigenvalue weighted by Crippen LogP contribution is 2.37. The molecule has 24 heavy (non-hydrogen) atoms. The Morgan fingerprint density at radius 3 is 2.88 bits per heavy atom. The second-order valence-electron chi connectivity index (χ2n) is 6.83.